The van der Waals surface area contributed by atoms with Crippen molar-refractivity contribution in [2.24, 2.45) is 5.92 Å². The first-order chi connectivity index (χ1) is 7.10. The smallest absolute Gasteiger partial charge is 0.320 e. The molecule has 3 nitrogen and oxygen atoms in total. The molecule has 2 atom stereocenters. The molecular formula is C12H23NO2. The molecule has 1 aliphatic rings. The Balaban J connectivity index is 2.71. The van der Waals surface area contributed by atoms with Gasteiger partial charge in [-0.2, -0.15) is 0 Å². The van der Waals surface area contributed by atoms with Crippen molar-refractivity contribution in [3.05, 3.63) is 0 Å². The van der Waals surface area contributed by atoms with Gasteiger partial charge in [0.1, 0.15) is 6.04 Å². The maximum atomic E-state index is 11.2. The second-order valence-electron chi connectivity index (χ2n) is 4.69. The highest BCUT2D eigenvalue weighted by molar-refractivity contribution is 5.73. The highest BCUT2D eigenvalue weighted by Crippen LogP contribution is 2.26. The Bertz CT molecular complexity index is 214. The van der Waals surface area contributed by atoms with Crippen LogP contribution >= 0.6 is 0 Å². The molecule has 0 amide bonds. The number of likely N-dealkylation sites (tertiary alicyclic amines) is 1. The summed E-state index contributed by atoms with van der Waals surface area (Å²) in [7, 11) is 0. The van der Waals surface area contributed by atoms with E-state index in [1.165, 1.54) is 0 Å². The molecule has 0 aliphatic carbocycles. The van der Waals surface area contributed by atoms with Crippen LogP contribution in [0.4, 0.5) is 0 Å². The summed E-state index contributed by atoms with van der Waals surface area (Å²) < 4.78 is 0. The van der Waals surface area contributed by atoms with E-state index >= 15 is 0 Å². The van der Waals surface area contributed by atoms with Crippen molar-refractivity contribution in [2.75, 3.05) is 6.54 Å². The summed E-state index contributed by atoms with van der Waals surface area (Å²) in [5.74, 6) is -0.0924. The fourth-order valence-electron chi connectivity index (χ4n) is 2.60. The van der Waals surface area contributed by atoms with Gasteiger partial charge in [-0.1, -0.05) is 20.8 Å². The topological polar surface area (TPSA) is 40.5 Å². The minimum atomic E-state index is -0.645. The predicted molar refractivity (Wildman–Crippen MR) is 60.9 cm³/mol. The Morgan fingerprint density at radius 3 is 2.53 bits per heavy atom. The van der Waals surface area contributed by atoms with Crippen molar-refractivity contribution in [3.8, 4) is 0 Å². The average molecular weight is 213 g/mol. The van der Waals surface area contributed by atoms with Crippen molar-refractivity contribution >= 4 is 5.97 Å². The lowest BCUT2D eigenvalue weighted by Gasteiger charge is -2.40. The third-order valence-electron chi connectivity index (χ3n) is 3.60. The standard InChI is InChI=1S/C12H23NO2/c1-4-10(5-2)13-7-6-9(3)8-11(13)12(14)15/h9-11H,4-8H2,1-3H3,(H,14,15). The molecule has 0 aromatic heterocycles. The minimum Gasteiger partial charge on any atom is -0.480 e. The third-order valence-corrected chi connectivity index (χ3v) is 3.60. The summed E-state index contributed by atoms with van der Waals surface area (Å²) in [6, 6.07) is 0.192. The first-order valence-electron chi connectivity index (χ1n) is 6.08. The van der Waals surface area contributed by atoms with E-state index in [0.717, 1.165) is 32.2 Å². The molecule has 1 heterocycles. The molecule has 2 unspecified atom stereocenters. The predicted octanol–water partition coefficient (Wildman–Crippen LogP) is 2.36. The van der Waals surface area contributed by atoms with Crippen LogP contribution in [0.25, 0.3) is 0 Å². The van der Waals surface area contributed by atoms with Crippen LogP contribution in [0, 0.1) is 5.92 Å². The number of carbonyl (C=O) groups is 1. The number of rotatable bonds is 4. The van der Waals surface area contributed by atoms with Crippen LogP contribution in [-0.4, -0.2) is 34.6 Å². The number of carboxylic acids is 1. The molecule has 1 fully saturated rings. The Labute approximate surface area is 92.5 Å². The highest BCUT2D eigenvalue weighted by atomic mass is 16.4. The maximum Gasteiger partial charge on any atom is 0.320 e. The van der Waals surface area contributed by atoms with Gasteiger partial charge >= 0.3 is 5.97 Å². The van der Waals surface area contributed by atoms with Gasteiger partial charge in [0.25, 0.3) is 0 Å². The monoisotopic (exact) mass is 213 g/mol. The first kappa shape index (κ1) is 12.5. The van der Waals surface area contributed by atoms with E-state index in [4.69, 9.17) is 0 Å². The third kappa shape index (κ3) is 2.94. The number of carboxylic acid groups (broad SMARTS) is 1. The summed E-state index contributed by atoms with van der Waals surface area (Å²) in [5, 5.41) is 9.22. The van der Waals surface area contributed by atoms with E-state index in [1.807, 2.05) is 0 Å². The second-order valence-corrected chi connectivity index (χ2v) is 4.69. The minimum absolute atomic E-state index is 0.251. The molecule has 88 valence electrons. The molecule has 0 radical (unpaired) electrons. The quantitative estimate of drug-likeness (QED) is 0.779. The molecular weight excluding hydrogens is 190 g/mol. The fraction of sp³-hybridized carbons (Fsp3) is 0.917. The lowest BCUT2D eigenvalue weighted by Crippen LogP contribution is -2.51. The lowest BCUT2D eigenvalue weighted by atomic mass is 9.90. The molecule has 1 rings (SSSR count). The largest absolute Gasteiger partial charge is 0.480 e. The molecule has 0 spiro atoms. The van der Waals surface area contributed by atoms with Crippen molar-refractivity contribution in [2.45, 2.75) is 58.5 Å². The molecule has 1 N–H and O–H groups in total. The van der Waals surface area contributed by atoms with Crippen LogP contribution in [0.2, 0.25) is 0 Å². The molecule has 0 aromatic carbocycles. The van der Waals surface area contributed by atoms with E-state index in [9.17, 15) is 9.90 Å². The van der Waals surface area contributed by atoms with Gasteiger partial charge in [0.15, 0.2) is 0 Å². The van der Waals surface area contributed by atoms with Crippen molar-refractivity contribution < 1.29 is 9.90 Å². The van der Waals surface area contributed by atoms with Gasteiger partial charge in [0, 0.05) is 6.04 Å². The first-order valence-corrected chi connectivity index (χ1v) is 6.08. The normalized spacial score (nSPS) is 28.3. The second kappa shape index (κ2) is 5.50. The van der Waals surface area contributed by atoms with Crippen LogP contribution in [0.1, 0.15) is 46.5 Å². The zero-order valence-electron chi connectivity index (χ0n) is 10.1. The van der Waals surface area contributed by atoms with Crippen molar-refractivity contribution in [3.63, 3.8) is 0 Å². The average Bonchev–Trinajstić information content (AvgIpc) is 2.21. The van der Waals surface area contributed by atoms with E-state index in [2.05, 4.69) is 25.7 Å². The summed E-state index contributed by atoms with van der Waals surface area (Å²) in [5.41, 5.74) is 0. The van der Waals surface area contributed by atoms with Crippen LogP contribution in [0.5, 0.6) is 0 Å². The van der Waals surface area contributed by atoms with Gasteiger partial charge in [-0.3, -0.25) is 9.69 Å². The Kier molecular flexibility index (Phi) is 4.58. The van der Waals surface area contributed by atoms with Crippen LogP contribution < -0.4 is 0 Å². The Morgan fingerprint density at radius 2 is 2.07 bits per heavy atom. The number of hydrogen-bond acceptors (Lipinski definition) is 2. The molecule has 0 aromatic rings. The molecule has 1 aliphatic heterocycles. The van der Waals surface area contributed by atoms with Crippen LogP contribution in [0.15, 0.2) is 0 Å². The molecule has 0 saturated carbocycles. The van der Waals surface area contributed by atoms with Gasteiger partial charge in [-0.05, 0) is 38.1 Å². The van der Waals surface area contributed by atoms with Crippen LogP contribution in [0.3, 0.4) is 0 Å². The van der Waals surface area contributed by atoms with Gasteiger partial charge in [-0.15, -0.1) is 0 Å². The summed E-state index contributed by atoms with van der Waals surface area (Å²) >= 11 is 0. The zero-order valence-corrected chi connectivity index (χ0v) is 10.1. The summed E-state index contributed by atoms with van der Waals surface area (Å²) in [6.07, 6.45) is 4.05. The number of aliphatic carboxylic acids is 1. The molecule has 3 heteroatoms. The van der Waals surface area contributed by atoms with Crippen molar-refractivity contribution in [1.29, 1.82) is 0 Å². The summed E-state index contributed by atoms with van der Waals surface area (Å²) in [4.78, 5) is 13.4. The van der Waals surface area contributed by atoms with Crippen LogP contribution in [-0.2, 0) is 4.79 Å². The van der Waals surface area contributed by atoms with Gasteiger partial charge in [0.05, 0.1) is 0 Å². The lowest BCUT2D eigenvalue weighted by molar-refractivity contribution is -0.146. The van der Waals surface area contributed by atoms with E-state index in [-0.39, 0.29) is 6.04 Å². The Morgan fingerprint density at radius 1 is 1.47 bits per heavy atom. The fourth-order valence-corrected chi connectivity index (χ4v) is 2.60. The molecule has 0 bridgehead atoms. The van der Waals surface area contributed by atoms with Gasteiger partial charge in [0.2, 0.25) is 0 Å². The van der Waals surface area contributed by atoms with E-state index < -0.39 is 5.97 Å². The molecule has 15 heavy (non-hydrogen) atoms. The van der Waals surface area contributed by atoms with Gasteiger partial charge < -0.3 is 5.11 Å². The highest BCUT2D eigenvalue weighted by Gasteiger charge is 2.34. The Hall–Kier alpha value is -0.570. The number of hydrogen-bond donors (Lipinski definition) is 1. The number of piperidine rings is 1. The van der Waals surface area contributed by atoms with Gasteiger partial charge in [-0.25, -0.2) is 0 Å². The maximum absolute atomic E-state index is 11.2. The number of nitrogens with zero attached hydrogens (tertiary/aromatic N) is 1. The van der Waals surface area contributed by atoms with E-state index in [1.54, 1.807) is 0 Å². The van der Waals surface area contributed by atoms with E-state index in [0.29, 0.717) is 12.0 Å². The molecule has 1 saturated heterocycles. The van der Waals surface area contributed by atoms with Crippen molar-refractivity contribution in [1.82, 2.24) is 4.90 Å². The summed E-state index contributed by atoms with van der Waals surface area (Å²) in [6.45, 7) is 7.39. The SMILES string of the molecule is CCC(CC)N1CCC(C)CC1C(=O)O. The zero-order chi connectivity index (χ0) is 11.4.